The van der Waals surface area contributed by atoms with Gasteiger partial charge >= 0.3 is 0 Å². The highest BCUT2D eigenvalue weighted by Crippen LogP contribution is 2.28. The summed E-state index contributed by atoms with van der Waals surface area (Å²) in [6, 6.07) is 6.73. The SMILES string of the molecule is CC(=O)c1ccc(C(=O)NC2(CN)CCCC2)cc1. The number of nitrogens with one attached hydrogen (secondary N) is 1. The lowest BCUT2D eigenvalue weighted by molar-refractivity contribution is 0.0902. The van der Waals surface area contributed by atoms with Crippen LogP contribution in [0.1, 0.15) is 53.3 Å². The lowest BCUT2D eigenvalue weighted by atomic mass is 9.97. The summed E-state index contributed by atoms with van der Waals surface area (Å²) in [4.78, 5) is 23.4. The normalized spacial score (nSPS) is 17.2. The third-order valence-corrected chi connectivity index (χ3v) is 3.88. The molecule has 0 unspecified atom stereocenters. The van der Waals surface area contributed by atoms with Crippen LogP contribution in [0.2, 0.25) is 0 Å². The molecule has 1 aliphatic carbocycles. The van der Waals surface area contributed by atoms with Crippen molar-refractivity contribution in [1.29, 1.82) is 0 Å². The van der Waals surface area contributed by atoms with E-state index in [1.165, 1.54) is 6.92 Å². The number of carbonyl (C=O) groups excluding carboxylic acids is 2. The van der Waals surface area contributed by atoms with Crippen molar-refractivity contribution >= 4 is 11.7 Å². The fourth-order valence-corrected chi connectivity index (χ4v) is 2.60. The van der Waals surface area contributed by atoms with Gasteiger partial charge in [-0.25, -0.2) is 0 Å². The van der Waals surface area contributed by atoms with E-state index in [2.05, 4.69) is 5.32 Å². The molecule has 1 amide bonds. The minimum Gasteiger partial charge on any atom is -0.345 e. The van der Waals surface area contributed by atoms with Crippen molar-refractivity contribution in [3.63, 3.8) is 0 Å². The maximum atomic E-state index is 12.2. The lowest BCUT2D eigenvalue weighted by Gasteiger charge is -2.28. The molecule has 2 rings (SSSR count). The van der Waals surface area contributed by atoms with Crippen LogP contribution in [-0.4, -0.2) is 23.8 Å². The zero-order valence-corrected chi connectivity index (χ0v) is 11.2. The van der Waals surface area contributed by atoms with Crippen LogP contribution in [-0.2, 0) is 0 Å². The van der Waals surface area contributed by atoms with Gasteiger partial charge in [0, 0.05) is 17.7 Å². The second-order valence-corrected chi connectivity index (χ2v) is 5.28. The molecule has 19 heavy (non-hydrogen) atoms. The Kier molecular flexibility index (Phi) is 4.00. The predicted molar refractivity (Wildman–Crippen MR) is 74.2 cm³/mol. The number of hydrogen-bond acceptors (Lipinski definition) is 3. The van der Waals surface area contributed by atoms with Gasteiger partial charge in [-0.1, -0.05) is 25.0 Å². The lowest BCUT2D eigenvalue weighted by Crippen LogP contribution is -2.51. The number of rotatable bonds is 4. The van der Waals surface area contributed by atoms with Crippen LogP contribution in [0.25, 0.3) is 0 Å². The number of hydrogen-bond donors (Lipinski definition) is 2. The molecule has 0 spiro atoms. The highest BCUT2D eigenvalue weighted by Gasteiger charge is 2.33. The molecule has 0 saturated heterocycles. The Balaban J connectivity index is 2.09. The van der Waals surface area contributed by atoms with E-state index in [-0.39, 0.29) is 17.2 Å². The molecule has 4 nitrogen and oxygen atoms in total. The van der Waals surface area contributed by atoms with Gasteiger partial charge < -0.3 is 11.1 Å². The van der Waals surface area contributed by atoms with Gasteiger partial charge in [0.25, 0.3) is 5.91 Å². The summed E-state index contributed by atoms with van der Waals surface area (Å²) < 4.78 is 0. The van der Waals surface area contributed by atoms with E-state index >= 15 is 0 Å². The van der Waals surface area contributed by atoms with Crippen molar-refractivity contribution < 1.29 is 9.59 Å². The summed E-state index contributed by atoms with van der Waals surface area (Å²) in [7, 11) is 0. The number of Topliss-reactive ketones (excluding diaryl/α,β-unsaturated/α-hetero) is 1. The highest BCUT2D eigenvalue weighted by atomic mass is 16.1. The zero-order valence-electron chi connectivity index (χ0n) is 11.2. The first-order valence-electron chi connectivity index (χ1n) is 6.70. The van der Waals surface area contributed by atoms with Crippen LogP contribution in [0.15, 0.2) is 24.3 Å². The molecular formula is C15H20N2O2. The van der Waals surface area contributed by atoms with Crippen LogP contribution in [0.3, 0.4) is 0 Å². The maximum Gasteiger partial charge on any atom is 0.251 e. The van der Waals surface area contributed by atoms with Gasteiger partial charge in [0.1, 0.15) is 0 Å². The third-order valence-electron chi connectivity index (χ3n) is 3.88. The zero-order chi connectivity index (χ0) is 13.9. The van der Waals surface area contributed by atoms with Gasteiger partial charge in [-0.2, -0.15) is 0 Å². The van der Waals surface area contributed by atoms with Crippen LogP contribution >= 0.6 is 0 Å². The first-order valence-corrected chi connectivity index (χ1v) is 6.70. The van der Waals surface area contributed by atoms with Gasteiger partial charge in [0.2, 0.25) is 0 Å². The Bertz CT molecular complexity index is 473. The van der Waals surface area contributed by atoms with Crippen LogP contribution < -0.4 is 11.1 Å². The molecule has 0 atom stereocenters. The largest absolute Gasteiger partial charge is 0.345 e. The topological polar surface area (TPSA) is 72.2 Å². The van der Waals surface area contributed by atoms with E-state index < -0.39 is 0 Å². The number of amides is 1. The number of ketones is 1. The van der Waals surface area contributed by atoms with E-state index in [1.807, 2.05) is 0 Å². The highest BCUT2D eigenvalue weighted by molar-refractivity contribution is 5.98. The summed E-state index contributed by atoms with van der Waals surface area (Å²) in [5, 5.41) is 3.06. The molecule has 1 aromatic carbocycles. The fraction of sp³-hybridized carbons (Fsp3) is 0.467. The molecule has 0 heterocycles. The summed E-state index contributed by atoms with van der Waals surface area (Å²) >= 11 is 0. The molecule has 1 fully saturated rings. The average Bonchev–Trinajstić information content (AvgIpc) is 2.88. The van der Waals surface area contributed by atoms with E-state index in [1.54, 1.807) is 24.3 Å². The maximum absolute atomic E-state index is 12.2. The van der Waals surface area contributed by atoms with Crippen LogP contribution in [0, 0.1) is 0 Å². The fourth-order valence-electron chi connectivity index (χ4n) is 2.60. The van der Waals surface area contributed by atoms with Gasteiger partial charge in [-0.15, -0.1) is 0 Å². The summed E-state index contributed by atoms with van der Waals surface area (Å²) in [5.74, 6) is -0.108. The van der Waals surface area contributed by atoms with Crippen molar-refractivity contribution in [2.24, 2.45) is 5.73 Å². The van der Waals surface area contributed by atoms with Crippen molar-refractivity contribution in [2.45, 2.75) is 38.1 Å². The van der Waals surface area contributed by atoms with Crippen molar-refractivity contribution in [3.05, 3.63) is 35.4 Å². The Labute approximate surface area is 113 Å². The molecule has 0 radical (unpaired) electrons. The van der Waals surface area contributed by atoms with Crippen molar-refractivity contribution in [3.8, 4) is 0 Å². The first kappa shape index (κ1) is 13.7. The second kappa shape index (κ2) is 5.53. The molecule has 1 saturated carbocycles. The smallest absolute Gasteiger partial charge is 0.251 e. The minimum absolute atomic E-state index is 0.00109. The number of nitrogens with two attached hydrogens (primary N) is 1. The Morgan fingerprint density at radius 1 is 1.16 bits per heavy atom. The third kappa shape index (κ3) is 3.01. The molecular weight excluding hydrogens is 240 g/mol. The molecule has 4 heteroatoms. The second-order valence-electron chi connectivity index (χ2n) is 5.28. The summed E-state index contributed by atoms with van der Waals surface area (Å²) in [6.45, 7) is 1.99. The molecule has 102 valence electrons. The Morgan fingerprint density at radius 3 is 2.16 bits per heavy atom. The molecule has 0 bridgehead atoms. The molecule has 0 aliphatic heterocycles. The van der Waals surface area contributed by atoms with Crippen molar-refractivity contribution in [1.82, 2.24) is 5.32 Å². The van der Waals surface area contributed by atoms with Crippen LogP contribution in [0.4, 0.5) is 0 Å². The van der Waals surface area contributed by atoms with Gasteiger partial charge in [-0.05, 0) is 31.9 Å². The summed E-state index contributed by atoms with van der Waals surface area (Å²) in [5.41, 5.74) is 6.75. The van der Waals surface area contributed by atoms with Crippen LogP contribution in [0.5, 0.6) is 0 Å². The van der Waals surface area contributed by atoms with E-state index in [0.717, 1.165) is 25.7 Å². The molecule has 3 N–H and O–H groups in total. The Morgan fingerprint density at radius 2 is 1.68 bits per heavy atom. The van der Waals surface area contributed by atoms with Gasteiger partial charge in [0.15, 0.2) is 5.78 Å². The Hall–Kier alpha value is -1.68. The van der Waals surface area contributed by atoms with Gasteiger partial charge in [0.05, 0.1) is 5.54 Å². The average molecular weight is 260 g/mol. The van der Waals surface area contributed by atoms with E-state index in [0.29, 0.717) is 17.7 Å². The number of benzene rings is 1. The first-order chi connectivity index (χ1) is 9.06. The molecule has 1 aromatic rings. The number of carbonyl (C=O) groups is 2. The quantitative estimate of drug-likeness (QED) is 0.812. The molecule has 1 aliphatic rings. The standard InChI is InChI=1S/C15H20N2O2/c1-11(18)12-4-6-13(7-5-12)14(19)17-15(10-16)8-2-3-9-15/h4-7H,2-3,8-10,16H2,1H3,(H,17,19). The monoisotopic (exact) mass is 260 g/mol. The van der Waals surface area contributed by atoms with Crippen molar-refractivity contribution in [2.75, 3.05) is 6.54 Å². The molecule has 0 aromatic heterocycles. The minimum atomic E-state index is -0.240. The summed E-state index contributed by atoms with van der Waals surface area (Å²) in [6.07, 6.45) is 4.11. The van der Waals surface area contributed by atoms with E-state index in [4.69, 9.17) is 5.73 Å². The van der Waals surface area contributed by atoms with E-state index in [9.17, 15) is 9.59 Å². The predicted octanol–water partition coefficient (Wildman–Crippen LogP) is 1.89. The van der Waals surface area contributed by atoms with Gasteiger partial charge in [-0.3, -0.25) is 9.59 Å².